The van der Waals surface area contributed by atoms with Crippen LogP contribution < -0.4 is 5.32 Å². The zero-order chi connectivity index (χ0) is 13.7. The van der Waals surface area contributed by atoms with Crippen LogP contribution in [0.4, 0.5) is 5.69 Å². The Morgan fingerprint density at radius 1 is 1.42 bits per heavy atom. The van der Waals surface area contributed by atoms with Gasteiger partial charge in [-0.05, 0) is 37.6 Å². The third kappa shape index (κ3) is 3.38. The second-order valence-corrected chi connectivity index (χ2v) is 4.62. The molecule has 1 aromatic carbocycles. The van der Waals surface area contributed by atoms with E-state index in [1.807, 2.05) is 41.2 Å². The van der Waals surface area contributed by atoms with Crippen molar-refractivity contribution in [2.75, 3.05) is 5.32 Å². The smallest absolute Gasteiger partial charge is 0.0815 e. The fraction of sp³-hybridized carbons (Fsp3) is 0.312. The molecule has 0 spiro atoms. The molecule has 0 bridgehead atoms. The first-order valence-corrected chi connectivity index (χ1v) is 6.57. The van der Waals surface area contributed by atoms with Crippen molar-refractivity contribution in [2.45, 2.75) is 32.9 Å². The number of benzene rings is 1. The normalized spacial score (nSPS) is 11.8. The minimum Gasteiger partial charge on any atom is -0.379 e. The Kier molecular flexibility index (Phi) is 4.25. The topological polar surface area (TPSA) is 29.9 Å². The van der Waals surface area contributed by atoms with Crippen molar-refractivity contribution >= 4 is 5.69 Å². The Labute approximate surface area is 114 Å². The summed E-state index contributed by atoms with van der Waals surface area (Å²) in [6.07, 6.45) is 8.50. The summed E-state index contributed by atoms with van der Waals surface area (Å²) in [5.74, 6) is 2.63. The lowest BCUT2D eigenvalue weighted by Gasteiger charge is -2.08. The predicted octanol–water partition coefficient (Wildman–Crippen LogP) is 3.45. The van der Waals surface area contributed by atoms with Crippen molar-refractivity contribution in [3.05, 3.63) is 47.8 Å². The molecule has 0 fully saturated rings. The molecule has 0 saturated heterocycles. The van der Waals surface area contributed by atoms with Crippen molar-refractivity contribution in [3.63, 3.8) is 0 Å². The van der Waals surface area contributed by atoms with E-state index in [4.69, 9.17) is 6.42 Å². The number of terminal acetylenes is 1. The molecule has 1 N–H and O–H groups in total. The molecule has 98 valence electrons. The van der Waals surface area contributed by atoms with Crippen LogP contribution >= 0.6 is 0 Å². The molecule has 3 heteroatoms. The Morgan fingerprint density at radius 3 is 3.00 bits per heavy atom. The molecule has 0 aliphatic rings. The summed E-state index contributed by atoms with van der Waals surface area (Å²) in [6.45, 7) is 5.04. The standard InChI is InChI=1S/C16H19N3/c1-4-13(3)19-10-9-16(18-19)12-17-15-8-6-7-14(5-2)11-15/h2,6-11,13,17H,4,12H2,1,3H3. The van der Waals surface area contributed by atoms with Gasteiger partial charge in [0.2, 0.25) is 0 Å². The van der Waals surface area contributed by atoms with Gasteiger partial charge < -0.3 is 5.32 Å². The first kappa shape index (κ1) is 13.2. The van der Waals surface area contributed by atoms with E-state index in [1.54, 1.807) is 0 Å². The molecule has 1 aromatic heterocycles. The molecule has 19 heavy (non-hydrogen) atoms. The zero-order valence-electron chi connectivity index (χ0n) is 11.4. The average molecular weight is 253 g/mol. The first-order valence-electron chi connectivity index (χ1n) is 6.57. The van der Waals surface area contributed by atoms with E-state index < -0.39 is 0 Å². The summed E-state index contributed by atoms with van der Waals surface area (Å²) in [4.78, 5) is 0. The first-order chi connectivity index (χ1) is 9.22. The third-order valence-electron chi connectivity index (χ3n) is 3.21. The number of nitrogens with one attached hydrogen (secondary N) is 1. The van der Waals surface area contributed by atoms with Crippen molar-refractivity contribution in [2.24, 2.45) is 0 Å². The summed E-state index contributed by atoms with van der Waals surface area (Å²) < 4.78 is 2.01. The Bertz CT molecular complexity index is 578. The number of hydrogen-bond acceptors (Lipinski definition) is 2. The third-order valence-corrected chi connectivity index (χ3v) is 3.21. The van der Waals surface area contributed by atoms with Gasteiger partial charge in [0, 0.05) is 23.5 Å². The van der Waals surface area contributed by atoms with Crippen LogP contribution in [0.2, 0.25) is 0 Å². The van der Waals surface area contributed by atoms with Crippen LogP contribution in [0, 0.1) is 12.3 Å². The van der Waals surface area contributed by atoms with Crippen molar-refractivity contribution < 1.29 is 0 Å². The van der Waals surface area contributed by atoms with Gasteiger partial charge >= 0.3 is 0 Å². The number of hydrogen-bond donors (Lipinski definition) is 1. The highest BCUT2D eigenvalue weighted by Crippen LogP contribution is 2.12. The minimum absolute atomic E-state index is 0.443. The molecule has 0 aliphatic heterocycles. The maximum absolute atomic E-state index is 5.38. The van der Waals surface area contributed by atoms with Crippen LogP contribution in [0.3, 0.4) is 0 Å². The Morgan fingerprint density at radius 2 is 2.26 bits per heavy atom. The highest BCUT2D eigenvalue weighted by molar-refractivity contribution is 5.50. The number of nitrogens with zero attached hydrogens (tertiary/aromatic N) is 2. The molecule has 3 nitrogen and oxygen atoms in total. The molecule has 0 aliphatic carbocycles. The van der Waals surface area contributed by atoms with Crippen molar-refractivity contribution in [1.82, 2.24) is 9.78 Å². The quantitative estimate of drug-likeness (QED) is 0.827. The molecule has 1 unspecified atom stereocenters. The molecule has 0 radical (unpaired) electrons. The van der Waals surface area contributed by atoms with E-state index in [9.17, 15) is 0 Å². The molecular formula is C16H19N3. The zero-order valence-corrected chi connectivity index (χ0v) is 11.4. The molecule has 0 amide bonds. The monoisotopic (exact) mass is 253 g/mol. The summed E-state index contributed by atoms with van der Waals surface area (Å²) in [7, 11) is 0. The van der Waals surface area contributed by atoms with E-state index in [2.05, 4.69) is 30.2 Å². The van der Waals surface area contributed by atoms with Crippen molar-refractivity contribution in [3.8, 4) is 12.3 Å². The highest BCUT2D eigenvalue weighted by Gasteiger charge is 2.04. The molecule has 1 heterocycles. The van der Waals surface area contributed by atoms with Crippen molar-refractivity contribution in [1.29, 1.82) is 0 Å². The van der Waals surface area contributed by atoms with Gasteiger partial charge in [-0.25, -0.2) is 0 Å². The Balaban J connectivity index is 1.98. The maximum atomic E-state index is 5.38. The van der Waals surface area contributed by atoms with E-state index in [1.165, 1.54) is 0 Å². The van der Waals surface area contributed by atoms with E-state index in [0.29, 0.717) is 12.6 Å². The van der Waals surface area contributed by atoms with Crippen LogP contribution in [0.1, 0.15) is 37.6 Å². The van der Waals surface area contributed by atoms with E-state index >= 15 is 0 Å². The lowest BCUT2D eigenvalue weighted by Crippen LogP contribution is -2.06. The fourth-order valence-electron chi connectivity index (χ4n) is 1.82. The van der Waals surface area contributed by atoms with Gasteiger partial charge in [-0.3, -0.25) is 4.68 Å². The number of aromatic nitrogens is 2. The van der Waals surface area contributed by atoms with Gasteiger partial charge in [0.1, 0.15) is 0 Å². The molecule has 2 rings (SSSR count). The van der Waals surface area contributed by atoms with Gasteiger partial charge in [-0.1, -0.05) is 18.9 Å². The summed E-state index contributed by atoms with van der Waals surface area (Å²) in [6, 6.07) is 10.3. The summed E-state index contributed by atoms with van der Waals surface area (Å²) >= 11 is 0. The highest BCUT2D eigenvalue weighted by atomic mass is 15.3. The lowest BCUT2D eigenvalue weighted by molar-refractivity contribution is 0.474. The largest absolute Gasteiger partial charge is 0.379 e. The van der Waals surface area contributed by atoms with Crippen LogP contribution in [0.25, 0.3) is 0 Å². The number of rotatable bonds is 5. The van der Waals surface area contributed by atoms with Gasteiger partial charge in [-0.2, -0.15) is 5.10 Å². The maximum Gasteiger partial charge on any atom is 0.0815 e. The van der Waals surface area contributed by atoms with Crippen LogP contribution in [-0.2, 0) is 6.54 Å². The van der Waals surface area contributed by atoms with E-state index in [0.717, 1.165) is 23.4 Å². The summed E-state index contributed by atoms with van der Waals surface area (Å²) in [5.41, 5.74) is 2.94. The minimum atomic E-state index is 0.443. The second-order valence-electron chi connectivity index (χ2n) is 4.62. The van der Waals surface area contributed by atoms with E-state index in [-0.39, 0.29) is 0 Å². The fourth-order valence-corrected chi connectivity index (χ4v) is 1.82. The average Bonchev–Trinajstić information content (AvgIpc) is 2.93. The predicted molar refractivity (Wildman–Crippen MR) is 78.9 cm³/mol. The summed E-state index contributed by atoms with van der Waals surface area (Å²) in [5, 5.41) is 7.89. The SMILES string of the molecule is C#Cc1cccc(NCc2ccn(C(C)CC)n2)c1. The van der Waals surface area contributed by atoms with Crippen LogP contribution in [0.15, 0.2) is 36.5 Å². The Hall–Kier alpha value is -2.21. The number of anilines is 1. The lowest BCUT2D eigenvalue weighted by atomic mass is 10.2. The molecule has 1 atom stereocenters. The molecule has 2 aromatic rings. The van der Waals surface area contributed by atoms with Crippen LogP contribution in [0.5, 0.6) is 0 Å². The van der Waals surface area contributed by atoms with Gasteiger partial charge in [-0.15, -0.1) is 6.42 Å². The second kappa shape index (κ2) is 6.10. The van der Waals surface area contributed by atoms with Gasteiger partial charge in [0.15, 0.2) is 0 Å². The van der Waals surface area contributed by atoms with Gasteiger partial charge in [0.25, 0.3) is 0 Å². The molecule has 0 saturated carbocycles. The molecular weight excluding hydrogens is 234 g/mol. The van der Waals surface area contributed by atoms with Gasteiger partial charge in [0.05, 0.1) is 12.2 Å². The van der Waals surface area contributed by atoms with Crippen LogP contribution in [-0.4, -0.2) is 9.78 Å².